The molecule has 10 heteroatoms. The minimum absolute atomic E-state index is 0.0947. The molecule has 0 spiro atoms. The fraction of sp³-hybridized carbons (Fsp3) is 0.391. The van der Waals surface area contributed by atoms with Crippen molar-refractivity contribution >= 4 is 27.5 Å². The highest BCUT2D eigenvalue weighted by molar-refractivity contribution is 7.89. The number of hydrogen-bond donors (Lipinski definition) is 2. The van der Waals surface area contributed by atoms with Crippen molar-refractivity contribution in [1.29, 1.82) is 0 Å². The summed E-state index contributed by atoms with van der Waals surface area (Å²) in [6.45, 7) is 3.76. The summed E-state index contributed by atoms with van der Waals surface area (Å²) in [5.74, 6) is 0.0905. The van der Waals surface area contributed by atoms with Gasteiger partial charge in [0.25, 0.3) is 5.91 Å². The van der Waals surface area contributed by atoms with Gasteiger partial charge in [0.2, 0.25) is 15.9 Å². The number of morpholine rings is 1. The molecular weight excluding hydrogens is 446 g/mol. The van der Waals surface area contributed by atoms with Gasteiger partial charge in [-0.25, -0.2) is 8.42 Å². The lowest BCUT2D eigenvalue weighted by molar-refractivity contribution is -0.123. The van der Waals surface area contributed by atoms with E-state index in [1.54, 1.807) is 48.5 Å². The molecule has 0 unspecified atom stereocenters. The summed E-state index contributed by atoms with van der Waals surface area (Å²) < 4.78 is 37.4. The quantitative estimate of drug-likeness (QED) is 0.542. The van der Waals surface area contributed by atoms with Crippen molar-refractivity contribution in [3.05, 3.63) is 54.1 Å². The Morgan fingerprint density at radius 3 is 2.48 bits per heavy atom. The van der Waals surface area contributed by atoms with E-state index >= 15 is 0 Å². The van der Waals surface area contributed by atoms with Gasteiger partial charge in [0.15, 0.2) is 6.61 Å². The lowest BCUT2D eigenvalue weighted by atomic mass is 10.1. The third-order valence-corrected chi connectivity index (χ3v) is 6.95. The van der Waals surface area contributed by atoms with Crippen molar-refractivity contribution in [3.63, 3.8) is 0 Å². The Hall–Kier alpha value is -2.95. The molecule has 3 rings (SSSR count). The zero-order valence-corrected chi connectivity index (χ0v) is 19.4. The van der Waals surface area contributed by atoms with Gasteiger partial charge in [0, 0.05) is 37.8 Å². The molecule has 0 bridgehead atoms. The van der Waals surface area contributed by atoms with Crippen LogP contribution in [0.2, 0.25) is 0 Å². The Bertz CT molecular complexity index is 1050. The van der Waals surface area contributed by atoms with Crippen LogP contribution in [0.5, 0.6) is 5.75 Å². The summed E-state index contributed by atoms with van der Waals surface area (Å²) >= 11 is 0. The van der Waals surface area contributed by atoms with Gasteiger partial charge in [0.05, 0.1) is 18.1 Å². The summed E-state index contributed by atoms with van der Waals surface area (Å²) in [6, 6.07) is 13.5. The third-order valence-electron chi connectivity index (χ3n) is 5.03. The predicted molar refractivity (Wildman–Crippen MR) is 124 cm³/mol. The zero-order valence-electron chi connectivity index (χ0n) is 18.6. The number of benzene rings is 2. The van der Waals surface area contributed by atoms with Gasteiger partial charge in [-0.3, -0.25) is 9.59 Å². The lowest BCUT2D eigenvalue weighted by Crippen LogP contribution is -2.40. The number of nitrogens with one attached hydrogen (secondary N) is 2. The second-order valence-corrected chi connectivity index (χ2v) is 9.42. The molecule has 2 N–H and O–H groups in total. The number of aryl methyl sites for hydroxylation is 1. The van der Waals surface area contributed by atoms with Crippen molar-refractivity contribution in [3.8, 4) is 5.75 Å². The smallest absolute Gasteiger partial charge is 0.257 e. The number of anilines is 1. The number of nitrogens with zero attached hydrogens (tertiary/aromatic N) is 1. The van der Waals surface area contributed by atoms with Gasteiger partial charge in [-0.05, 0) is 43.2 Å². The number of ether oxygens (including phenoxy) is 2. The van der Waals surface area contributed by atoms with Crippen molar-refractivity contribution in [1.82, 2.24) is 9.62 Å². The highest BCUT2D eigenvalue weighted by atomic mass is 32.2. The molecule has 9 nitrogen and oxygen atoms in total. The van der Waals surface area contributed by atoms with Gasteiger partial charge in [0.1, 0.15) is 5.75 Å². The Morgan fingerprint density at radius 1 is 1.06 bits per heavy atom. The van der Waals surface area contributed by atoms with Gasteiger partial charge in [-0.15, -0.1) is 0 Å². The number of sulfonamides is 1. The van der Waals surface area contributed by atoms with Crippen LogP contribution in [0.1, 0.15) is 18.9 Å². The second kappa shape index (κ2) is 11.8. The van der Waals surface area contributed by atoms with Crippen LogP contribution in [0.25, 0.3) is 0 Å². The molecule has 1 heterocycles. The highest BCUT2D eigenvalue weighted by Gasteiger charge is 2.26. The minimum atomic E-state index is -3.53. The van der Waals surface area contributed by atoms with Crippen LogP contribution >= 0.6 is 0 Å². The number of amides is 2. The Balaban J connectivity index is 1.50. The van der Waals surface area contributed by atoms with E-state index in [-0.39, 0.29) is 29.7 Å². The van der Waals surface area contributed by atoms with E-state index in [2.05, 4.69) is 10.6 Å². The zero-order chi connectivity index (χ0) is 23.7. The molecule has 0 atom stereocenters. The SMILES string of the molecule is CCNC(=O)COc1cccc(NC(=O)CCc2ccc(S(=O)(=O)N3CCOCC3)cc2)c1. The molecule has 0 aliphatic carbocycles. The predicted octanol–water partition coefficient (Wildman–Crippen LogP) is 1.79. The monoisotopic (exact) mass is 475 g/mol. The topological polar surface area (TPSA) is 114 Å². The first-order chi connectivity index (χ1) is 15.9. The van der Waals surface area contributed by atoms with Gasteiger partial charge < -0.3 is 20.1 Å². The van der Waals surface area contributed by atoms with Gasteiger partial charge >= 0.3 is 0 Å². The number of rotatable bonds is 10. The number of carbonyl (C=O) groups is 2. The van der Waals surface area contributed by atoms with Crippen LogP contribution in [0, 0.1) is 0 Å². The van der Waals surface area contributed by atoms with E-state index < -0.39 is 10.0 Å². The molecule has 2 aromatic carbocycles. The van der Waals surface area contributed by atoms with E-state index in [0.29, 0.717) is 50.7 Å². The Labute approximate surface area is 194 Å². The van der Waals surface area contributed by atoms with E-state index in [1.807, 2.05) is 6.92 Å². The largest absolute Gasteiger partial charge is 0.484 e. The normalized spacial score (nSPS) is 14.5. The number of likely N-dealkylation sites (N-methyl/N-ethyl adjacent to an activating group) is 1. The number of carbonyl (C=O) groups excluding carboxylic acids is 2. The van der Waals surface area contributed by atoms with Crippen molar-refractivity contribution in [2.45, 2.75) is 24.7 Å². The summed E-state index contributed by atoms with van der Waals surface area (Å²) in [5.41, 5.74) is 1.44. The average molecular weight is 476 g/mol. The fourth-order valence-electron chi connectivity index (χ4n) is 3.31. The third kappa shape index (κ3) is 7.28. The summed E-state index contributed by atoms with van der Waals surface area (Å²) in [6.07, 6.45) is 0.705. The molecule has 2 aromatic rings. The molecular formula is C23H29N3O6S. The Morgan fingerprint density at radius 2 is 1.79 bits per heavy atom. The fourth-order valence-corrected chi connectivity index (χ4v) is 4.71. The average Bonchev–Trinajstić information content (AvgIpc) is 2.83. The second-order valence-electron chi connectivity index (χ2n) is 7.48. The lowest BCUT2D eigenvalue weighted by Gasteiger charge is -2.26. The van der Waals surface area contributed by atoms with Crippen LogP contribution in [-0.2, 0) is 30.8 Å². The molecule has 1 fully saturated rings. The standard InChI is InChI=1S/C23H29N3O6S/c1-2-24-23(28)17-32-20-5-3-4-19(16-20)25-22(27)11-8-18-6-9-21(10-7-18)33(29,30)26-12-14-31-15-13-26/h3-7,9-10,16H,2,8,11-15,17H2,1H3,(H,24,28)(H,25,27). The molecule has 1 aliphatic rings. The first-order valence-electron chi connectivity index (χ1n) is 10.8. The van der Waals surface area contributed by atoms with Crippen LogP contribution in [0.4, 0.5) is 5.69 Å². The highest BCUT2D eigenvalue weighted by Crippen LogP contribution is 2.20. The van der Waals surface area contributed by atoms with Gasteiger partial charge in [-0.2, -0.15) is 4.31 Å². The van der Waals surface area contributed by atoms with Crippen molar-refractivity contribution < 1.29 is 27.5 Å². The van der Waals surface area contributed by atoms with Crippen LogP contribution < -0.4 is 15.4 Å². The molecule has 1 saturated heterocycles. The summed E-state index contributed by atoms with van der Waals surface area (Å²) in [7, 11) is -3.53. The van der Waals surface area contributed by atoms with E-state index in [9.17, 15) is 18.0 Å². The molecule has 33 heavy (non-hydrogen) atoms. The van der Waals surface area contributed by atoms with Crippen LogP contribution in [-0.4, -0.2) is 64.0 Å². The summed E-state index contributed by atoms with van der Waals surface area (Å²) in [4.78, 5) is 24.1. The Kier molecular flexibility index (Phi) is 8.81. The first-order valence-corrected chi connectivity index (χ1v) is 12.3. The van der Waals surface area contributed by atoms with Crippen LogP contribution in [0.3, 0.4) is 0 Å². The first kappa shape index (κ1) is 24.7. The molecule has 2 amide bonds. The molecule has 1 aliphatic heterocycles. The van der Waals surface area contributed by atoms with Crippen molar-refractivity contribution in [2.24, 2.45) is 0 Å². The van der Waals surface area contributed by atoms with E-state index in [1.165, 1.54) is 4.31 Å². The maximum absolute atomic E-state index is 12.7. The molecule has 0 radical (unpaired) electrons. The van der Waals surface area contributed by atoms with E-state index in [0.717, 1.165) is 5.56 Å². The van der Waals surface area contributed by atoms with Crippen LogP contribution in [0.15, 0.2) is 53.4 Å². The van der Waals surface area contributed by atoms with Crippen molar-refractivity contribution in [2.75, 3.05) is 44.8 Å². The van der Waals surface area contributed by atoms with Gasteiger partial charge in [-0.1, -0.05) is 18.2 Å². The molecule has 0 saturated carbocycles. The van der Waals surface area contributed by atoms with E-state index in [4.69, 9.17) is 9.47 Å². The molecule has 0 aromatic heterocycles. The maximum atomic E-state index is 12.7. The summed E-state index contributed by atoms with van der Waals surface area (Å²) in [5, 5.41) is 5.46. The molecule has 178 valence electrons. The maximum Gasteiger partial charge on any atom is 0.257 e. The number of hydrogen-bond acceptors (Lipinski definition) is 6. The minimum Gasteiger partial charge on any atom is -0.484 e.